The van der Waals surface area contributed by atoms with Crippen LogP contribution in [0.25, 0.3) is 0 Å². The summed E-state index contributed by atoms with van der Waals surface area (Å²) >= 11 is 0.662. The van der Waals surface area contributed by atoms with E-state index in [1.807, 2.05) is 0 Å². The molecular formula is C7H7NaO4. The Labute approximate surface area is 87.3 Å². The van der Waals surface area contributed by atoms with Crippen molar-refractivity contribution in [2.75, 3.05) is 13.2 Å². The summed E-state index contributed by atoms with van der Waals surface area (Å²) < 4.78 is 10.1. The van der Waals surface area contributed by atoms with Crippen molar-refractivity contribution < 1.29 is 19.1 Å². The van der Waals surface area contributed by atoms with Crippen molar-refractivity contribution in [3.63, 3.8) is 0 Å². The number of hydrogen-bond donors (Lipinski definition) is 0. The minimum absolute atomic E-state index is 0.114. The van der Waals surface area contributed by atoms with Gasteiger partial charge in [-0.2, -0.15) is 0 Å². The summed E-state index contributed by atoms with van der Waals surface area (Å²) in [7, 11) is 0. The van der Waals surface area contributed by atoms with Gasteiger partial charge in [0.05, 0.1) is 0 Å². The molecule has 0 saturated heterocycles. The van der Waals surface area contributed by atoms with Crippen molar-refractivity contribution in [2.45, 2.75) is 6.92 Å². The number of cyclic esters (lactones) is 1. The van der Waals surface area contributed by atoms with Crippen LogP contribution < -0.4 is 0 Å². The van der Waals surface area contributed by atoms with Crippen LogP contribution in [0.5, 0.6) is 0 Å². The van der Waals surface area contributed by atoms with Crippen LogP contribution in [0, 0.1) is 0 Å². The summed E-state index contributed by atoms with van der Waals surface area (Å²) in [4.78, 5) is 22.0. The second-order valence-corrected chi connectivity index (χ2v) is 3.66. The van der Waals surface area contributed by atoms with Crippen molar-refractivity contribution in [1.29, 1.82) is 0 Å². The van der Waals surface area contributed by atoms with Gasteiger partial charge in [-0.3, -0.25) is 0 Å². The predicted molar refractivity (Wildman–Crippen MR) is 40.4 cm³/mol. The van der Waals surface area contributed by atoms with Crippen molar-refractivity contribution in [1.82, 2.24) is 0 Å². The Morgan fingerprint density at radius 1 is 1.75 bits per heavy atom. The molecule has 0 N–H and O–H groups in total. The Balaban J connectivity index is 2.79. The molecule has 0 aliphatic carbocycles. The average molecular weight is 178 g/mol. The zero-order valence-corrected chi connectivity index (χ0v) is 9.05. The van der Waals surface area contributed by atoms with Gasteiger partial charge < -0.3 is 0 Å². The minimum atomic E-state index is -0.551. The van der Waals surface area contributed by atoms with Crippen molar-refractivity contribution in [3.05, 3.63) is 8.40 Å². The molecule has 0 spiro atoms. The first-order valence-electron chi connectivity index (χ1n) is 3.70. The van der Waals surface area contributed by atoms with Gasteiger partial charge in [0.2, 0.25) is 0 Å². The normalized spacial score (nSPS) is 16.4. The molecule has 1 rings (SSSR count). The third kappa shape index (κ3) is 1.88. The van der Waals surface area contributed by atoms with Gasteiger partial charge in [-0.1, -0.05) is 0 Å². The molecule has 0 bridgehead atoms. The Kier molecular flexibility index (Phi) is 3.31. The summed E-state index contributed by atoms with van der Waals surface area (Å²) in [6.45, 7) is 2.25. The summed E-state index contributed by atoms with van der Waals surface area (Å²) in [5.41, 5.74) is 0.114. The SMILES string of the molecule is CCOC(=O)C1=[C]([Na])COC1=O. The number of carbonyl (C=O) groups excluding carboxylic acids is 2. The van der Waals surface area contributed by atoms with Gasteiger partial charge >= 0.3 is 87.5 Å². The molecule has 1 aliphatic heterocycles. The molecule has 60 valence electrons. The molecule has 0 radical (unpaired) electrons. The van der Waals surface area contributed by atoms with Crippen LogP contribution in [-0.2, 0) is 19.1 Å². The van der Waals surface area contributed by atoms with Gasteiger partial charge in [-0.25, -0.2) is 0 Å². The molecule has 0 atom stereocenters. The first-order valence-corrected chi connectivity index (χ1v) is 4.70. The van der Waals surface area contributed by atoms with Gasteiger partial charge in [0, 0.05) is 0 Å². The fourth-order valence-corrected chi connectivity index (χ4v) is 1.51. The van der Waals surface area contributed by atoms with E-state index in [4.69, 9.17) is 4.74 Å². The van der Waals surface area contributed by atoms with Crippen LogP contribution in [0.15, 0.2) is 8.40 Å². The van der Waals surface area contributed by atoms with E-state index in [1.165, 1.54) is 0 Å². The van der Waals surface area contributed by atoms with Crippen molar-refractivity contribution in [3.8, 4) is 0 Å². The first kappa shape index (κ1) is 9.77. The fraction of sp³-hybridized carbons (Fsp3) is 0.429. The van der Waals surface area contributed by atoms with Crippen LogP contribution in [0.1, 0.15) is 6.92 Å². The Morgan fingerprint density at radius 3 is 2.83 bits per heavy atom. The molecule has 1 aliphatic rings. The average Bonchev–Trinajstić information content (AvgIpc) is 2.32. The van der Waals surface area contributed by atoms with Gasteiger partial charge in [0.1, 0.15) is 0 Å². The second kappa shape index (κ2) is 4.07. The monoisotopic (exact) mass is 178 g/mol. The first-order chi connectivity index (χ1) is 5.66. The van der Waals surface area contributed by atoms with E-state index in [-0.39, 0.29) is 18.8 Å². The third-order valence-electron chi connectivity index (χ3n) is 1.53. The number of esters is 2. The number of rotatable bonds is 2. The zero-order valence-electron chi connectivity index (χ0n) is 7.05. The van der Waals surface area contributed by atoms with Crippen molar-refractivity contribution >= 4 is 39.9 Å². The van der Waals surface area contributed by atoms with E-state index >= 15 is 0 Å². The molecule has 0 unspecified atom stereocenters. The van der Waals surface area contributed by atoms with E-state index < -0.39 is 11.9 Å². The fourth-order valence-electron chi connectivity index (χ4n) is 0.953. The Hall–Kier alpha value is -0.320. The van der Waals surface area contributed by atoms with E-state index in [9.17, 15) is 9.59 Å². The standard InChI is InChI=1S/C7H7O4.Na/c1-2-10-6(8)5-3-4-11-7(5)9;/h2,4H2,1H3;. The van der Waals surface area contributed by atoms with Crippen LogP contribution >= 0.6 is 0 Å². The van der Waals surface area contributed by atoms with Crippen LogP contribution in [0.4, 0.5) is 0 Å². The van der Waals surface area contributed by atoms with E-state index in [2.05, 4.69) is 4.74 Å². The van der Waals surface area contributed by atoms with Crippen molar-refractivity contribution in [2.24, 2.45) is 0 Å². The van der Waals surface area contributed by atoms with E-state index in [0.29, 0.717) is 27.9 Å². The molecule has 0 saturated carbocycles. The third-order valence-corrected chi connectivity index (χ3v) is 2.32. The maximum absolute atomic E-state index is 11.1. The molecule has 4 nitrogen and oxygen atoms in total. The van der Waals surface area contributed by atoms with Gasteiger partial charge in [-0.15, -0.1) is 0 Å². The molecule has 0 fully saturated rings. The second-order valence-electron chi connectivity index (χ2n) is 2.45. The van der Waals surface area contributed by atoms with Crippen LogP contribution in [-0.4, -0.2) is 53.1 Å². The Morgan fingerprint density at radius 2 is 2.42 bits per heavy atom. The molecule has 0 aromatic rings. The predicted octanol–water partition coefficient (Wildman–Crippen LogP) is -0.471. The summed E-state index contributed by atoms with van der Waals surface area (Å²) in [6, 6.07) is 0. The molecule has 12 heavy (non-hydrogen) atoms. The molecule has 1 heterocycles. The Bertz CT molecular complexity index is 256. The molecule has 5 heteroatoms. The number of hydrogen-bond acceptors (Lipinski definition) is 4. The molecular weight excluding hydrogens is 171 g/mol. The topological polar surface area (TPSA) is 52.6 Å². The van der Waals surface area contributed by atoms with Gasteiger partial charge in [0.15, 0.2) is 0 Å². The molecule has 0 amide bonds. The van der Waals surface area contributed by atoms with Crippen LogP contribution in [0.3, 0.4) is 0 Å². The van der Waals surface area contributed by atoms with Crippen LogP contribution in [0.2, 0.25) is 0 Å². The number of ether oxygens (including phenoxy) is 2. The molecule has 0 aromatic carbocycles. The van der Waals surface area contributed by atoms with E-state index in [1.54, 1.807) is 6.92 Å². The summed E-state index contributed by atoms with van der Waals surface area (Å²) in [5.74, 6) is -1.09. The van der Waals surface area contributed by atoms with Gasteiger partial charge in [-0.05, 0) is 0 Å². The van der Waals surface area contributed by atoms with E-state index in [0.717, 1.165) is 2.82 Å². The molecule has 0 aromatic heterocycles. The number of carbonyl (C=O) groups is 2. The summed E-state index contributed by atoms with van der Waals surface area (Å²) in [5, 5.41) is 0. The van der Waals surface area contributed by atoms with Gasteiger partial charge in [0.25, 0.3) is 0 Å². The maximum atomic E-state index is 11.1. The quantitative estimate of drug-likeness (QED) is 0.326. The zero-order chi connectivity index (χ0) is 9.14. The summed E-state index contributed by atoms with van der Waals surface area (Å²) in [6.07, 6.45) is 0.